The van der Waals surface area contributed by atoms with Crippen molar-refractivity contribution < 1.29 is 9.47 Å². The van der Waals surface area contributed by atoms with Gasteiger partial charge in [-0.05, 0) is 48.1 Å². The lowest BCUT2D eigenvalue weighted by Crippen LogP contribution is -2.00. The zero-order chi connectivity index (χ0) is 20.1. The molecule has 0 unspecified atom stereocenters. The van der Waals surface area contributed by atoms with Crippen LogP contribution >= 0.6 is 35.4 Å². The quantitative estimate of drug-likeness (QED) is 0.404. The molecule has 146 valence electrons. The Balaban J connectivity index is 1.79. The minimum Gasteiger partial charge on any atom is -0.493 e. The fourth-order valence-corrected chi connectivity index (χ4v) is 3.21. The van der Waals surface area contributed by atoms with Crippen LogP contribution in [0.1, 0.15) is 23.9 Å². The van der Waals surface area contributed by atoms with E-state index in [1.54, 1.807) is 42.3 Å². The molecular formula is C19H18Cl2N4O2S. The molecular weight excluding hydrogens is 419 g/mol. The minimum atomic E-state index is 0.229. The largest absolute Gasteiger partial charge is 0.493 e. The fraction of sp³-hybridized carbons (Fsp3) is 0.211. The van der Waals surface area contributed by atoms with E-state index in [4.69, 9.17) is 44.9 Å². The highest BCUT2D eigenvalue weighted by molar-refractivity contribution is 7.71. The molecule has 0 spiro atoms. The monoisotopic (exact) mass is 436 g/mol. The summed E-state index contributed by atoms with van der Waals surface area (Å²) in [5, 5.41) is 12.4. The van der Waals surface area contributed by atoms with E-state index in [9.17, 15) is 0 Å². The summed E-state index contributed by atoms with van der Waals surface area (Å²) in [4.78, 5) is 0. The first-order valence-corrected chi connectivity index (χ1v) is 9.64. The van der Waals surface area contributed by atoms with E-state index in [0.717, 1.165) is 17.0 Å². The van der Waals surface area contributed by atoms with Crippen molar-refractivity contribution in [3.8, 4) is 11.5 Å². The van der Waals surface area contributed by atoms with E-state index in [-0.39, 0.29) is 6.61 Å². The summed E-state index contributed by atoms with van der Waals surface area (Å²) in [6.07, 6.45) is 2.40. The number of ether oxygens (including phenoxy) is 2. The maximum absolute atomic E-state index is 6.19. The molecule has 0 aliphatic rings. The first-order chi connectivity index (χ1) is 13.5. The average Bonchev–Trinajstić information content (AvgIpc) is 3.06. The van der Waals surface area contributed by atoms with Crippen molar-refractivity contribution in [3.05, 3.63) is 68.2 Å². The van der Waals surface area contributed by atoms with Gasteiger partial charge in [0.15, 0.2) is 17.3 Å². The van der Waals surface area contributed by atoms with Crippen molar-refractivity contribution in [3.63, 3.8) is 0 Å². The molecule has 0 radical (unpaired) electrons. The maximum Gasteiger partial charge on any atom is 0.216 e. The smallest absolute Gasteiger partial charge is 0.216 e. The molecule has 1 N–H and O–H groups in total. The number of H-pyrrole nitrogens is 1. The fourth-order valence-electron chi connectivity index (χ4n) is 2.50. The minimum absolute atomic E-state index is 0.229. The third-order valence-corrected chi connectivity index (χ3v) is 4.95. The standard InChI is InChI=1S/C19H18Cl2N4O2S/c1-3-18-23-24-19(28)25(18)22-10-12-7-8-16(17(9-12)26-2)27-11-13-14(20)5-4-6-15(13)21/h4-10H,3,11H2,1-2H3,(H,24,28)/b22-10-. The number of halogens is 2. The Morgan fingerprint density at radius 3 is 2.64 bits per heavy atom. The van der Waals surface area contributed by atoms with Gasteiger partial charge in [0.1, 0.15) is 6.61 Å². The Kier molecular flexibility index (Phi) is 6.72. The molecule has 0 fully saturated rings. The maximum atomic E-state index is 6.19. The SMILES string of the molecule is CCc1n[nH]c(=S)n1/N=C\c1ccc(OCc2c(Cl)cccc2Cl)c(OC)c1. The molecule has 0 amide bonds. The zero-order valence-electron chi connectivity index (χ0n) is 15.3. The van der Waals surface area contributed by atoms with Crippen molar-refractivity contribution in [2.45, 2.75) is 20.0 Å². The molecule has 0 saturated carbocycles. The molecule has 3 rings (SSSR count). The Morgan fingerprint density at radius 2 is 1.96 bits per heavy atom. The molecule has 6 nitrogen and oxygen atoms in total. The van der Waals surface area contributed by atoms with Gasteiger partial charge in [0.05, 0.1) is 13.3 Å². The van der Waals surface area contributed by atoms with Crippen LogP contribution < -0.4 is 9.47 Å². The van der Waals surface area contributed by atoms with E-state index in [1.807, 2.05) is 19.1 Å². The van der Waals surface area contributed by atoms with Crippen LogP contribution in [-0.4, -0.2) is 28.2 Å². The molecule has 9 heteroatoms. The van der Waals surface area contributed by atoms with Crippen LogP contribution in [0, 0.1) is 4.77 Å². The van der Waals surface area contributed by atoms with Crippen LogP contribution in [0.15, 0.2) is 41.5 Å². The van der Waals surface area contributed by atoms with Gasteiger partial charge in [-0.3, -0.25) is 5.10 Å². The van der Waals surface area contributed by atoms with E-state index < -0.39 is 0 Å². The van der Waals surface area contributed by atoms with E-state index in [0.29, 0.717) is 32.7 Å². The van der Waals surface area contributed by atoms with Crippen LogP contribution in [0.25, 0.3) is 0 Å². The Hall–Kier alpha value is -2.35. The molecule has 0 saturated heterocycles. The highest BCUT2D eigenvalue weighted by atomic mass is 35.5. The second-order valence-electron chi connectivity index (χ2n) is 5.75. The number of aromatic nitrogens is 3. The lowest BCUT2D eigenvalue weighted by Gasteiger charge is -2.13. The third-order valence-electron chi connectivity index (χ3n) is 3.98. The summed E-state index contributed by atoms with van der Waals surface area (Å²) in [5.74, 6) is 1.90. The van der Waals surface area contributed by atoms with E-state index in [2.05, 4.69) is 15.3 Å². The molecule has 0 aliphatic heterocycles. The Morgan fingerprint density at radius 1 is 1.21 bits per heavy atom. The number of nitrogens with one attached hydrogen (secondary N) is 1. The van der Waals surface area contributed by atoms with E-state index >= 15 is 0 Å². The number of aromatic amines is 1. The average molecular weight is 437 g/mol. The van der Waals surface area contributed by atoms with Gasteiger partial charge >= 0.3 is 0 Å². The number of nitrogens with zero attached hydrogens (tertiary/aromatic N) is 3. The highest BCUT2D eigenvalue weighted by Crippen LogP contribution is 2.31. The number of hydrogen-bond donors (Lipinski definition) is 1. The number of aryl methyl sites for hydroxylation is 1. The molecule has 1 aromatic heterocycles. The normalized spacial score (nSPS) is 11.1. The zero-order valence-corrected chi connectivity index (χ0v) is 17.6. The van der Waals surface area contributed by atoms with Crippen LogP contribution in [0.2, 0.25) is 10.0 Å². The van der Waals surface area contributed by atoms with Crippen molar-refractivity contribution >= 4 is 41.6 Å². The molecule has 2 aromatic carbocycles. The molecule has 0 aliphatic carbocycles. The van der Waals surface area contributed by atoms with Crippen LogP contribution in [0.4, 0.5) is 0 Å². The number of methoxy groups -OCH3 is 1. The van der Waals surface area contributed by atoms with Crippen molar-refractivity contribution in [1.82, 2.24) is 14.9 Å². The molecule has 1 heterocycles. The number of benzene rings is 2. The first kappa shape index (κ1) is 20.4. The van der Waals surface area contributed by atoms with Gasteiger partial charge in [-0.15, -0.1) is 0 Å². The van der Waals surface area contributed by atoms with Crippen molar-refractivity contribution in [2.75, 3.05) is 7.11 Å². The topological polar surface area (TPSA) is 64.4 Å². The van der Waals surface area contributed by atoms with Crippen LogP contribution in [0.5, 0.6) is 11.5 Å². The van der Waals surface area contributed by atoms with Crippen LogP contribution in [-0.2, 0) is 13.0 Å². The highest BCUT2D eigenvalue weighted by Gasteiger charge is 2.10. The summed E-state index contributed by atoms with van der Waals surface area (Å²) < 4.78 is 13.3. The summed E-state index contributed by atoms with van der Waals surface area (Å²) in [7, 11) is 1.58. The Labute approximate surface area is 177 Å². The van der Waals surface area contributed by atoms with Gasteiger partial charge in [-0.1, -0.05) is 36.2 Å². The molecule has 28 heavy (non-hydrogen) atoms. The first-order valence-electron chi connectivity index (χ1n) is 8.47. The van der Waals surface area contributed by atoms with Crippen LogP contribution in [0.3, 0.4) is 0 Å². The molecule has 0 atom stereocenters. The number of rotatable bonds is 7. The summed E-state index contributed by atoms with van der Waals surface area (Å²) >= 11 is 17.6. The van der Waals surface area contributed by atoms with Gasteiger partial charge in [-0.25, -0.2) is 0 Å². The Bertz CT molecular complexity index is 1040. The van der Waals surface area contributed by atoms with Gasteiger partial charge in [0, 0.05) is 22.0 Å². The van der Waals surface area contributed by atoms with Crippen molar-refractivity contribution in [2.24, 2.45) is 5.10 Å². The molecule has 0 bridgehead atoms. The second-order valence-corrected chi connectivity index (χ2v) is 6.96. The van der Waals surface area contributed by atoms with Gasteiger partial charge in [0.2, 0.25) is 4.77 Å². The van der Waals surface area contributed by atoms with Crippen molar-refractivity contribution in [1.29, 1.82) is 0 Å². The number of hydrogen-bond acceptors (Lipinski definition) is 5. The summed E-state index contributed by atoms with van der Waals surface area (Å²) in [6, 6.07) is 10.8. The van der Waals surface area contributed by atoms with Gasteiger partial charge in [-0.2, -0.15) is 14.9 Å². The lowest BCUT2D eigenvalue weighted by atomic mass is 10.2. The van der Waals surface area contributed by atoms with Gasteiger partial charge in [0.25, 0.3) is 0 Å². The van der Waals surface area contributed by atoms with E-state index in [1.165, 1.54) is 0 Å². The second kappa shape index (κ2) is 9.23. The molecule has 3 aromatic rings. The summed E-state index contributed by atoms with van der Waals surface area (Å²) in [6.45, 7) is 2.21. The lowest BCUT2D eigenvalue weighted by molar-refractivity contribution is 0.284. The third kappa shape index (κ3) is 4.55. The predicted octanol–water partition coefficient (Wildman–Crippen LogP) is 5.28. The summed E-state index contributed by atoms with van der Waals surface area (Å²) in [5.41, 5.74) is 1.55. The van der Waals surface area contributed by atoms with Gasteiger partial charge < -0.3 is 9.47 Å². The predicted molar refractivity (Wildman–Crippen MR) is 114 cm³/mol.